The molecule has 0 aliphatic rings. The van der Waals surface area contributed by atoms with Crippen molar-refractivity contribution in [2.75, 3.05) is 0 Å². The lowest BCUT2D eigenvalue weighted by atomic mass is 10.1. The highest BCUT2D eigenvalue weighted by molar-refractivity contribution is 7.99. The molecule has 0 aliphatic heterocycles. The molecule has 0 bridgehead atoms. The first-order valence-electron chi connectivity index (χ1n) is 7.35. The van der Waals surface area contributed by atoms with Crippen LogP contribution in [-0.4, -0.2) is 20.2 Å². The third kappa shape index (κ3) is 2.53. The number of rotatable bonds is 2. The predicted molar refractivity (Wildman–Crippen MR) is 92.7 cm³/mol. The van der Waals surface area contributed by atoms with Gasteiger partial charge in [-0.2, -0.15) is 5.10 Å². The summed E-state index contributed by atoms with van der Waals surface area (Å²) in [6.07, 6.45) is 0. The Balaban J connectivity index is 1.97. The normalized spacial score (nSPS) is 11.2. The fraction of sp³-hybridized carbons (Fsp3) is 0.111. The van der Waals surface area contributed by atoms with Crippen LogP contribution in [0.4, 0.5) is 0 Å². The second kappa shape index (κ2) is 5.59. The van der Waals surface area contributed by atoms with Crippen LogP contribution in [0, 0.1) is 13.8 Å². The van der Waals surface area contributed by atoms with Crippen LogP contribution >= 0.6 is 11.8 Å². The molecule has 0 aliphatic carbocycles. The lowest BCUT2D eigenvalue weighted by molar-refractivity contribution is 0.789. The van der Waals surface area contributed by atoms with E-state index < -0.39 is 0 Å². The first kappa shape index (κ1) is 14.1. The molecule has 5 heteroatoms. The topological polar surface area (TPSA) is 51.6 Å². The molecule has 23 heavy (non-hydrogen) atoms. The molecule has 0 N–H and O–H groups in total. The molecular formula is C18H14N4S. The molecule has 0 fully saturated rings. The third-order valence-corrected chi connectivity index (χ3v) is 4.80. The monoisotopic (exact) mass is 318 g/mol. The standard InChI is InChI=1S/C18H14N4S/c1-11-12(2)21-22-18(19-11)23-17-13-7-3-5-9-15(13)20-16-10-6-4-8-14(16)17/h3-10H,1-2H3. The Bertz CT molecular complexity index is 976. The van der Waals surface area contributed by atoms with Crippen LogP contribution in [0.2, 0.25) is 0 Å². The van der Waals surface area contributed by atoms with Gasteiger partial charge in [-0.15, -0.1) is 5.10 Å². The number of fused-ring (bicyclic) bond motifs is 2. The largest absolute Gasteiger partial charge is 0.248 e. The van der Waals surface area contributed by atoms with Gasteiger partial charge in [-0.3, -0.25) is 0 Å². The third-order valence-electron chi connectivity index (χ3n) is 3.80. The van der Waals surface area contributed by atoms with Crippen LogP contribution in [0.15, 0.2) is 58.6 Å². The number of hydrogen-bond donors (Lipinski definition) is 0. The van der Waals surface area contributed by atoms with Crippen molar-refractivity contribution in [3.63, 3.8) is 0 Å². The van der Waals surface area contributed by atoms with Gasteiger partial charge in [-0.25, -0.2) is 9.97 Å². The summed E-state index contributed by atoms with van der Waals surface area (Å²) in [6, 6.07) is 16.3. The second-order valence-corrected chi connectivity index (χ2v) is 6.32. The summed E-state index contributed by atoms with van der Waals surface area (Å²) < 4.78 is 0. The number of para-hydroxylation sites is 2. The highest BCUT2D eigenvalue weighted by atomic mass is 32.2. The van der Waals surface area contributed by atoms with Crippen molar-refractivity contribution >= 4 is 33.6 Å². The zero-order valence-electron chi connectivity index (χ0n) is 12.8. The lowest BCUT2D eigenvalue weighted by Crippen LogP contribution is -1.98. The van der Waals surface area contributed by atoms with Crippen LogP contribution in [0.25, 0.3) is 21.8 Å². The Morgan fingerprint density at radius 3 is 1.91 bits per heavy atom. The number of benzene rings is 2. The maximum atomic E-state index is 4.74. The van der Waals surface area contributed by atoms with E-state index in [2.05, 4.69) is 27.3 Å². The van der Waals surface area contributed by atoms with E-state index in [9.17, 15) is 0 Å². The zero-order chi connectivity index (χ0) is 15.8. The molecule has 0 amide bonds. The number of aromatic nitrogens is 4. The van der Waals surface area contributed by atoms with Gasteiger partial charge in [0.1, 0.15) is 0 Å². The molecule has 0 radical (unpaired) electrons. The van der Waals surface area contributed by atoms with Gasteiger partial charge in [0.25, 0.3) is 0 Å². The van der Waals surface area contributed by atoms with Crippen LogP contribution in [-0.2, 0) is 0 Å². The van der Waals surface area contributed by atoms with Gasteiger partial charge >= 0.3 is 0 Å². The SMILES string of the molecule is Cc1nnc(Sc2c3ccccc3nc3ccccc23)nc1C. The van der Waals surface area contributed by atoms with Gasteiger partial charge in [0.2, 0.25) is 5.16 Å². The Hall–Kier alpha value is -2.53. The van der Waals surface area contributed by atoms with Crippen LogP contribution in [0.5, 0.6) is 0 Å². The van der Waals surface area contributed by atoms with Crippen molar-refractivity contribution in [1.29, 1.82) is 0 Å². The van der Waals surface area contributed by atoms with E-state index in [4.69, 9.17) is 4.98 Å². The predicted octanol–water partition coefficient (Wildman–Crippen LogP) is 4.34. The fourth-order valence-corrected chi connectivity index (χ4v) is 3.49. The molecule has 4 aromatic rings. The van der Waals surface area contributed by atoms with E-state index in [0.717, 1.165) is 38.1 Å². The molecule has 2 aromatic carbocycles. The molecule has 0 unspecified atom stereocenters. The number of nitrogens with zero attached hydrogens (tertiary/aromatic N) is 4. The highest BCUT2D eigenvalue weighted by Crippen LogP contribution is 2.36. The number of pyridine rings is 1. The Morgan fingerprint density at radius 2 is 1.30 bits per heavy atom. The molecule has 2 aromatic heterocycles. The summed E-state index contributed by atoms with van der Waals surface area (Å²) in [5, 5.41) is 11.3. The molecule has 4 rings (SSSR count). The molecule has 0 atom stereocenters. The second-order valence-electron chi connectivity index (χ2n) is 5.34. The van der Waals surface area contributed by atoms with Crippen LogP contribution < -0.4 is 0 Å². The molecule has 4 nitrogen and oxygen atoms in total. The van der Waals surface area contributed by atoms with Crippen molar-refractivity contribution in [2.45, 2.75) is 23.9 Å². The van der Waals surface area contributed by atoms with Crippen molar-refractivity contribution in [1.82, 2.24) is 20.2 Å². The molecular weight excluding hydrogens is 304 g/mol. The van der Waals surface area contributed by atoms with Crippen molar-refractivity contribution in [3.05, 3.63) is 59.9 Å². The summed E-state index contributed by atoms with van der Waals surface area (Å²) in [5.41, 5.74) is 3.72. The van der Waals surface area contributed by atoms with Crippen molar-refractivity contribution in [2.24, 2.45) is 0 Å². The maximum Gasteiger partial charge on any atom is 0.214 e. The van der Waals surface area contributed by atoms with E-state index >= 15 is 0 Å². The van der Waals surface area contributed by atoms with E-state index in [1.54, 1.807) is 11.8 Å². The Labute approximate surface area is 138 Å². The first-order valence-corrected chi connectivity index (χ1v) is 8.17. The van der Waals surface area contributed by atoms with Gasteiger partial charge in [0.15, 0.2) is 0 Å². The van der Waals surface area contributed by atoms with E-state index in [0.29, 0.717) is 5.16 Å². The van der Waals surface area contributed by atoms with E-state index in [-0.39, 0.29) is 0 Å². The molecule has 0 saturated heterocycles. The minimum atomic E-state index is 0.662. The van der Waals surface area contributed by atoms with Gasteiger partial charge in [0.05, 0.1) is 22.4 Å². The summed E-state index contributed by atoms with van der Waals surface area (Å²) in [7, 11) is 0. The lowest BCUT2D eigenvalue weighted by Gasteiger charge is -2.09. The quantitative estimate of drug-likeness (QED) is 0.515. The number of hydrogen-bond acceptors (Lipinski definition) is 5. The van der Waals surface area contributed by atoms with Crippen LogP contribution in [0.3, 0.4) is 0 Å². The molecule has 2 heterocycles. The van der Waals surface area contributed by atoms with Gasteiger partial charge in [-0.1, -0.05) is 36.4 Å². The Kier molecular flexibility index (Phi) is 3.42. The van der Waals surface area contributed by atoms with E-state index in [1.807, 2.05) is 50.2 Å². The molecule has 112 valence electrons. The van der Waals surface area contributed by atoms with Crippen molar-refractivity contribution < 1.29 is 0 Å². The summed E-state index contributed by atoms with van der Waals surface area (Å²) in [4.78, 5) is 10.4. The summed E-state index contributed by atoms with van der Waals surface area (Å²) >= 11 is 1.54. The summed E-state index contributed by atoms with van der Waals surface area (Å²) in [5.74, 6) is 0. The molecule has 0 spiro atoms. The average Bonchev–Trinajstić information content (AvgIpc) is 2.58. The smallest absolute Gasteiger partial charge is 0.214 e. The van der Waals surface area contributed by atoms with Crippen molar-refractivity contribution in [3.8, 4) is 0 Å². The van der Waals surface area contributed by atoms with Gasteiger partial charge in [-0.05, 0) is 37.7 Å². The van der Waals surface area contributed by atoms with Gasteiger partial charge in [0, 0.05) is 15.7 Å². The average molecular weight is 318 g/mol. The maximum absolute atomic E-state index is 4.74. The number of aryl methyl sites for hydroxylation is 2. The van der Waals surface area contributed by atoms with E-state index in [1.165, 1.54) is 0 Å². The highest BCUT2D eigenvalue weighted by Gasteiger charge is 2.12. The first-order chi connectivity index (χ1) is 11.2. The summed E-state index contributed by atoms with van der Waals surface area (Å²) in [6.45, 7) is 3.87. The zero-order valence-corrected chi connectivity index (χ0v) is 13.6. The molecule has 0 saturated carbocycles. The van der Waals surface area contributed by atoms with Gasteiger partial charge < -0.3 is 0 Å². The minimum absolute atomic E-state index is 0.662. The van der Waals surface area contributed by atoms with Crippen LogP contribution in [0.1, 0.15) is 11.4 Å². The minimum Gasteiger partial charge on any atom is -0.248 e. The fourth-order valence-electron chi connectivity index (χ4n) is 2.48. The Morgan fingerprint density at radius 1 is 0.696 bits per heavy atom.